The number of benzene rings is 1. The maximum atomic E-state index is 12.8. The highest BCUT2D eigenvalue weighted by Crippen LogP contribution is 2.25. The van der Waals surface area contributed by atoms with Crippen LogP contribution in [0.5, 0.6) is 0 Å². The summed E-state index contributed by atoms with van der Waals surface area (Å²) in [6.45, 7) is 13.8. The number of amides is 2. The highest BCUT2D eigenvalue weighted by molar-refractivity contribution is 6.60. The van der Waals surface area contributed by atoms with Crippen LogP contribution in [-0.4, -0.2) is 82.0 Å². The van der Waals surface area contributed by atoms with Crippen molar-refractivity contribution in [1.29, 1.82) is 0 Å². The molecular formula is C22H35BN2O6. The second kappa shape index (κ2) is 9.18. The first-order chi connectivity index (χ1) is 14.1. The minimum atomic E-state index is -1.23. The van der Waals surface area contributed by atoms with Gasteiger partial charge in [0.15, 0.2) is 0 Å². The number of nitrogens with zero attached hydrogens (tertiary/aromatic N) is 2. The van der Waals surface area contributed by atoms with Gasteiger partial charge in [-0.1, -0.05) is 12.1 Å². The Labute approximate surface area is 185 Å². The van der Waals surface area contributed by atoms with Crippen LogP contribution in [0.25, 0.3) is 0 Å². The molecule has 9 heteroatoms. The Hall–Kier alpha value is -2.10. The van der Waals surface area contributed by atoms with Crippen molar-refractivity contribution in [2.45, 2.75) is 65.3 Å². The van der Waals surface area contributed by atoms with Gasteiger partial charge in [0, 0.05) is 31.7 Å². The Balaban J connectivity index is 1.95. The van der Waals surface area contributed by atoms with Crippen LogP contribution in [0.3, 0.4) is 0 Å². The smallest absolute Gasteiger partial charge is 0.444 e. The molecule has 172 valence electrons. The van der Waals surface area contributed by atoms with Gasteiger partial charge in [0.25, 0.3) is 5.91 Å². The first-order valence-corrected chi connectivity index (χ1v) is 10.6. The Kier molecular flexibility index (Phi) is 7.45. The Bertz CT molecular complexity index is 775. The average molecular weight is 434 g/mol. The number of carbonyl (C=O) groups is 2. The van der Waals surface area contributed by atoms with Crippen molar-refractivity contribution in [3.63, 3.8) is 0 Å². The molecule has 0 radical (unpaired) electrons. The van der Waals surface area contributed by atoms with Crippen molar-refractivity contribution in [2.24, 2.45) is 0 Å². The van der Waals surface area contributed by atoms with Crippen molar-refractivity contribution in [2.75, 3.05) is 26.2 Å². The molecule has 1 heterocycles. The molecule has 1 aliphatic rings. The standard InChI is InChI=1S/C22H35BN2O6/c1-20(2,3)30-19(27)25-14-12-24(13-15-25)18(26)16-8-10-17(11-9-16)23(29)31-22(6,7)21(4,5)28/h8-11,28-29H,12-15H2,1-7H3. The fourth-order valence-corrected chi connectivity index (χ4v) is 2.88. The summed E-state index contributed by atoms with van der Waals surface area (Å²) in [6, 6.07) is 6.55. The van der Waals surface area contributed by atoms with Gasteiger partial charge in [-0.25, -0.2) is 4.79 Å². The normalized spacial score (nSPS) is 15.6. The molecule has 2 amide bonds. The van der Waals surface area contributed by atoms with E-state index in [1.165, 1.54) is 0 Å². The molecule has 1 aromatic rings. The van der Waals surface area contributed by atoms with Gasteiger partial charge in [-0.05, 0) is 66.1 Å². The van der Waals surface area contributed by atoms with Gasteiger partial charge in [-0.2, -0.15) is 0 Å². The summed E-state index contributed by atoms with van der Waals surface area (Å²) in [7, 11) is -1.23. The van der Waals surface area contributed by atoms with E-state index in [1.807, 2.05) is 20.8 Å². The monoisotopic (exact) mass is 434 g/mol. The van der Waals surface area contributed by atoms with Gasteiger partial charge < -0.3 is 29.3 Å². The molecule has 0 aromatic heterocycles. The molecule has 0 saturated carbocycles. The number of ether oxygens (including phenoxy) is 1. The quantitative estimate of drug-likeness (QED) is 0.684. The van der Waals surface area contributed by atoms with E-state index < -0.39 is 23.9 Å². The lowest BCUT2D eigenvalue weighted by Gasteiger charge is -2.38. The first kappa shape index (κ1) is 25.2. The zero-order valence-corrected chi connectivity index (χ0v) is 19.6. The first-order valence-electron chi connectivity index (χ1n) is 10.6. The van der Waals surface area contributed by atoms with Gasteiger partial charge in [0.1, 0.15) is 5.60 Å². The van der Waals surface area contributed by atoms with E-state index in [1.54, 1.807) is 61.8 Å². The van der Waals surface area contributed by atoms with Crippen LogP contribution in [0.15, 0.2) is 24.3 Å². The molecule has 1 aliphatic heterocycles. The fraction of sp³-hybridized carbons (Fsp3) is 0.636. The minimum Gasteiger partial charge on any atom is -0.444 e. The van der Waals surface area contributed by atoms with Crippen LogP contribution in [0.4, 0.5) is 4.79 Å². The van der Waals surface area contributed by atoms with E-state index in [-0.39, 0.29) is 12.0 Å². The van der Waals surface area contributed by atoms with Crippen molar-refractivity contribution < 1.29 is 29.1 Å². The van der Waals surface area contributed by atoms with Crippen LogP contribution in [0, 0.1) is 0 Å². The van der Waals surface area contributed by atoms with E-state index in [4.69, 9.17) is 9.39 Å². The molecule has 0 spiro atoms. The maximum absolute atomic E-state index is 12.8. The maximum Gasteiger partial charge on any atom is 0.491 e. The van der Waals surface area contributed by atoms with Crippen LogP contribution in [-0.2, 0) is 9.39 Å². The molecule has 31 heavy (non-hydrogen) atoms. The zero-order chi connectivity index (χ0) is 23.6. The van der Waals surface area contributed by atoms with Crippen molar-refractivity contribution in [3.8, 4) is 0 Å². The molecule has 1 fully saturated rings. The van der Waals surface area contributed by atoms with E-state index in [0.717, 1.165) is 0 Å². The van der Waals surface area contributed by atoms with E-state index in [2.05, 4.69) is 0 Å². The van der Waals surface area contributed by atoms with E-state index in [0.29, 0.717) is 37.2 Å². The average Bonchev–Trinajstić information content (AvgIpc) is 2.65. The molecule has 2 rings (SSSR count). The lowest BCUT2D eigenvalue weighted by Crippen LogP contribution is -2.53. The number of aliphatic hydroxyl groups is 1. The second-order valence-electron chi connectivity index (χ2n) is 9.92. The highest BCUT2D eigenvalue weighted by Gasteiger charge is 2.39. The Morgan fingerprint density at radius 1 is 0.903 bits per heavy atom. The van der Waals surface area contributed by atoms with Gasteiger partial charge in [0.05, 0.1) is 11.2 Å². The minimum absolute atomic E-state index is 0.136. The molecule has 0 atom stereocenters. The topological polar surface area (TPSA) is 99.5 Å². The number of hydrogen-bond acceptors (Lipinski definition) is 6. The Morgan fingerprint density at radius 3 is 1.84 bits per heavy atom. The van der Waals surface area contributed by atoms with Crippen LogP contribution >= 0.6 is 0 Å². The molecule has 2 N–H and O–H groups in total. The molecular weight excluding hydrogens is 399 g/mol. The SMILES string of the molecule is CC(C)(C)OC(=O)N1CCN(C(=O)c2ccc(B(O)OC(C)(C)C(C)(C)O)cc2)CC1. The summed E-state index contributed by atoms with van der Waals surface area (Å²) in [6.07, 6.45) is -0.369. The summed E-state index contributed by atoms with van der Waals surface area (Å²) in [5, 5.41) is 20.6. The zero-order valence-electron chi connectivity index (χ0n) is 19.6. The third-order valence-electron chi connectivity index (χ3n) is 5.54. The molecule has 8 nitrogen and oxygen atoms in total. The Morgan fingerprint density at radius 2 is 1.39 bits per heavy atom. The van der Waals surface area contributed by atoms with Crippen LogP contribution in [0.2, 0.25) is 0 Å². The number of carbonyl (C=O) groups excluding carboxylic acids is 2. The summed E-state index contributed by atoms with van der Waals surface area (Å²) < 4.78 is 11.0. The second-order valence-corrected chi connectivity index (χ2v) is 9.92. The van der Waals surface area contributed by atoms with Gasteiger partial charge in [0.2, 0.25) is 0 Å². The number of hydrogen-bond donors (Lipinski definition) is 2. The van der Waals surface area contributed by atoms with Crippen molar-refractivity contribution in [3.05, 3.63) is 29.8 Å². The van der Waals surface area contributed by atoms with Crippen LogP contribution in [0.1, 0.15) is 58.8 Å². The highest BCUT2D eigenvalue weighted by atomic mass is 16.6. The third-order valence-corrected chi connectivity index (χ3v) is 5.54. The predicted molar refractivity (Wildman–Crippen MR) is 119 cm³/mol. The lowest BCUT2D eigenvalue weighted by atomic mass is 9.76. The largest absolute Gasteiger partial charge is 0.491 e. The summed E-state index contributed by atoms with van der Waals surface area (Å²) in [4.78, 5) is 28.3. The van der Waals surface area contributed by atoms with Gasteiger partial charge in [-0.3, -0.25) is 4.79 Å². The molecule has 1 aromatic carbocycles. The van der Waals surface area contributed by atoms with Crippen molar-refractivity contribution >= 4 is 24.6 Å². The van der Waals surface area contributed by atoms with Gasteiger partial charge in [-0.15, -0.1) is 0 Å². The number of rotatable bonds is 5. The number of piperazine rings is 1. The fourth-order valence-electron chi connectivity index (χ4n) is 2.88. The summed E-state index contributed by atoms with van der Waals surface area (Å²) in [5.74, 6) is -0.136. The summed E-state index contributed by atoms with van der Waals surface area (Å²) in [5.41, 5.74) is -1.70. The molecule has 1 saturated heterocycles. The van der Waals surface area contributed by atoms with Crippen molar-refractivity contribution in [1.82, 2.24) is 9.80 Å². The van der Waals surface area contributed by atoms with Gasteiger partial charge >= 0.3 is 13.2 Å². The van der Waals surface area contributed by atoms with E-state index in [9.17, 15) is 19.7 Å². The predicted octanol–water partition coefficient (Wildman–Crippen LogP) is 1.63. The lowest BCUT2D eigenvalue weighted by molar-refractivity contribution is -0.0982. The summed E-state index contributed by atoms with van der Waals surface area (Å²) >= 11 is 0. The van der Waals surface area contributed by atoms with E-state index >= 15 is 0 Å². The van der Waals surface area contributed by atoms with Crippen LogP contribution < -0.4 is 5.46 Å². The third kappa shape index (κ3) is 6.69. The molecule has 0 bridgehead atoms. The molecule has 0 aliphatic carbocycles. The molecule has 0 unspecified atom stereocenters.